The van der Waals surface area contributed by atoms with Crippen LogP contribution in [0.5, 0.6) is 0 Å². The largest absolute Gasteiger partial charge is 0.0651 e. The average molecular weight is 182 g/mol. The highest BCUT2D eigenvalue weighted by Crippen LogP contribution is 2.57. The van der Waals surface area contributed by atoms with Crippen LogP contribution in [0, 0.1) is 16.7 Å². The maximum absolute atomic E-state index is 2.50. The Balaban J connectivity index is 2.78. The predicted molar refractivity (Wildman–Crippen MR) is 59.8 cm³/mol. The summed E-state index contributed by atoms with van der Waals surface area (Å²) < 4.78 is 0. The van der Waals surface area contributed by atoms with Gasteiger partial charge in [0, 0.05) is 0 Å². The van der Waals surface area contributed by atoms with Crippen LogP contribution < -0.4 is 0 Å². The van der Waals surface area contributed by atoms with E-state index in [0.717, 1.165) is 5.92 Å². The zero-order valence-electron chi connectivity index (χ0n) is 10.1. The molecule has 0 bridgehead atoms. The van der Waals surface area contributed by atoms with Gasteiger partial charge in [-0.2, -0.15) is 0 Å². The molecule has 0 aromatic heterocycles. The van der Waals surface area contributed by atoms with Crippen molar-refractivity contribution in [1.82, 2.24) is 0 Å². The molecule has 0 N–H and O–H groups in total. The van der Waals surface area contributed by atoms with Gasteiger partial charge in [0.15, 0.2) is 0 Å². The van der Waals surface area contributed by atoms with Gasteiger partial charge in [0.05, 0.1) is 0 Å². The maximum atomic E-state index is 2.50. The van der Waals surface area contributed by atoms with E-state index in [0.29, 0.717) is 10.8 Å². The highest BCUT2D eigenvalue weighted by Gasteiger charge is 2.46. The first kappa shape index (κ1) is 11.1. The summed E-state index contributed by atoms with van der Waals surface area (Å²) in [7, 11) is 0. The third-order valence-electron chi connectivity index (χ3n) is 4.71. The molecule has 1 saturated carbocycles. The first-order chi connectivity index (χ1) is 5.99. The SMILES string of the molecule is CCC1CC(C)(CC)CC1(C)CC. The summed E-state index contributed by atoms with van der Waals surface area (Å²) in [5.41, 5.74) is 1.28. The fourth-order valence-corrected chi connectivity index (χ4v) is 3.35. The fourth-order valence-electron chi connectivity index (χ4n) is 3.35. The predicted octanol–water partition coefficient (Wildman–Crippen LogP) is 4.64. The summed E-state index contributed by atoms with van der Waals surface area (Å²) in [5, 5.41) is 0. The van der Waals surface area contributed by atoms with Gasteiger partial charge in [-0.1, -0.05) is 53.9 Å². The second-order valence-corrected chi connectivity index (χ2v) is 5.66. The van der Waals surface area contributed by atoms with Crippen LogP contribution in [0.2, 0.25) is 0 Å². The molecule has 3 unspecified atom stereocenters. The van der Waals surface area contributed by atoms with Crippen LogP contribution in [0.4, 0.5) is 0 Å². The van der Waals surface area contributed by atoms with Gasteiger partial charge in [0.2, 0.25) is 0 Å². The molecule has 1 aliphatic rings. The molecule has 78 valence electrons. The summed E-state index contributed by atoms with van der Waals surface area (Å²) in [4.78, 5) is 0. The molecule has 0 heterocycles. The Labute approximate surface area is 84.1 Å². The minimum Gasteiger partial charge on any atom is -0.0651 e. The van der Waals surface area contributed by atoms with Gasteiger partial charge in [-0.3, -0.25) is 0 Å². The topological polar surface area (TPSA) is 0 Å². The molecule has 1 aliphatic carbocycles. The Morgan fingerprint density at radius 3 is 2.00 bits per heavy atom. The molecule has 0 aliphatic heterocycles. The molecule has 3 atom stereocenters. The van der Waals surface area contributed by atoms with Crippen LogP contribution in [0.25, 0.3) is 0 Å². The van der Waals surface area contributed by atoms with E-state index in [4.69, 9.17) is 0 Å². The van der Waals surface area contributed by atoms with E-state index in [1.54, 1.807) is 0 Å². The molecule has 1 rings (SSSR count). The summed E-state index contributed by atoms with van der Waals surface area (Å²) in [6.07, 6.45) is 7.01. The molecule has 0 heteroatoms. The van der Waals surface area contributed by atoms with Crippen LogP contribution in [0.1, 0.15) is 66.7 Å². The van der Waals surface area contributed by atoms with Crippen molar-refractivity contribution >= 4 is 0 Å². The number of hydrogen-bond donors (Lipinski definition) is 0. The van der Waals surface area contributed by atoms with Gasteiger partial charge in [-0.05, 0) is 29.6 Å². The lowest BCUT2D eigenvalue weighted by Crippen LogP contribution is -2.20. The minimum absolute atomic E-state index is 0.638. The Kier molecular flexibility index (Phi) is 3.09. The highest BCUT2D eigenvalue weighted by molar-refractivity contribution is 4.96. The van der Waals surface area contributed by atoms with E-state index in [1.807, 2.05) is 0 Å². The first-order valence-electron chi connectivity index (χ1n) is 5.99. The highest BCUT2D eigenvalue weighted by atomic mass is 14.5. The summed E-state index contributed by atoms with van der Waals surface area (Å²) >= 11 is 0. The van der Waals surface area contributed by atoms with Crippen LogP contribution in [0.3, 0.4) is 0 Å². The molecule has 0 saturated heterocycles. The third-order valence-corrected chi connectivity index (χ3v) is 4.71. The van der Waals surface area contributed by atoms with Gasteiger partial charge in [-0.25, -0.2) is 0 Å². The van der Waals surface area contributed by atoms with Crippen molar-refractivity contribution in [2.75, 3.05) is 0 Å². The summed E-state index contributed by atoms with van der Waals surface area (Å²) in [5.74, 6) is 0.974. The fraction of sp³-hybridized carbons (Fsp3) is 1.00. The van der Waals surface area contributed by atoms with Crippen molar-refractivity contribution in [3.8, 4) is 0 Å². The van der Waals surface area contributed by atoms with Gasteiger partial charge in [0.25, 0.3) is 0 Å². The van der Waals surface area contributed by atoms with E-state index >= 15 is 0 Å². The van der Waals surface area contributed by atoms with E-state index in [-0.39, 0.29) is 0 Å². The molecular formula is C13H26. The Hall–Kier alpha value is 0. The Bertz CT molecular complexity index is 173. The van der Waals surface area contributed by atoms with Gasteiger partial charge >= 0.3 is 0 Å². The molecule has 0 spiro atoms. The lowest BCUT2D eigenvalue weighted by molar-refractivity contribution is 0.203. The number of hydrogen-bond acceptors (Lipinski definition) is 0. The van der Waals surface area contributed by atoms with Crippen LogP contribution >= 0.6 is 0 Å². The lowest BCUT2D eigenvalue weighted by atomic mass is 9.75. The van der Waals surface area contributed by atoms with E-state index in [2.05, 4.69) is 34.6 Å². The van der Waals surface area contributed by atoms with Gasteiger partial charge in [0.1, 0.15) is 0 Å². The quantitative estimate of drug-likeness (QED) is 0.596. The lowest BCUT2D eigenvalue weighted by Gasteiger charge is -2.30. The summed E-state index contributed by atoms with van der Waals surface area (Å²) in [6.45, 7) is 12.1. The van der Waals surface area contributed by atoms with Gasteiger partial charge in [-0.15, -0.1) is 0 Å². The molecule has 0 aromatic rings. The molecule has 0 radical (unpaired) electrons. The summed E-state index contributed by atoms with van der Waals surface area (Å²) in [6, 6.07) is 0. The zero-order chi connectivity index (χ0) is 10.1. The van der Waals surface area contributed by atoms with Crippen molar-refractivity contribution in [3.63, 3.8) is 0 Å². The van der Waals surface area contributed by atoms with Crippen molar-refractivity contribution in [2.24, 2.45) is 16.7 Å². The van der Waals surface area contributed by atoms with Crippen LogP contribution in [-0.4, -0.2) is 0 Å². The molecule has 0 nitrogen and oxygen atoms in total. The van der Waals surface area contributed by atoms with Gasteiger partial charge < -0.3 is 0 Å². The van der Waals surface area contributed by atoms with Crippen molar-refractivity contribution in [2.45, 2.75) is 66.7 Å². The second-order valence-electron chi connectivity index (χ2n) is 5.66. The van der Waals surface area contributed by atoms with E-state index in [9.17, 15) is 0 Å². The molecular weight excluding hydrogens is 156 g/mol. The smallest absolute Gasteiger partial charge is 0.0295 e. The molecule has 0 aromatic carbocycles. The Morgan fingerprint density at radius 2 is 1.69 bits per heavy atom. The van der Waals surface area contributed by atoms with Crippen LogP contribution in [-0.2, 0) is 0 Å². The molecule has 0 amide bonds. The van der Waals surface area contributed by atoms with E-state index < -0.39 is 0 Å². The third kappa shape index (κ3) is 1.92. The van der Waals surface area contributed by atoms with Crippen molar-refractivity contribution < 1.29 is 0 Å². The zero-order valence-corrected chi connectivity index (χ0v) is 10.1. The normalized spacial score (nSPS) is 45.5. The number of rotatable bonds is 3. The van der Waals surface area contributed by atoms with Crippen molar-refractivity contribution in [3.05, 3.63) is 0 Å². The standard InChI is InChI=1S/C13H26/c1-6-11-9-12(4,7-2)10-13(11,5)8-3/h11H,6-10H2,1-5H3. The Morgan fingerprint density at radius 1 is 1.08 bits per heavy atom. The van der Waals surface area contributed by atoms with Crippen molar-refractivity contribution in [1.29, 1.82) is 0 Å². The second kappa shape index (κ2) is 3.63. The average Bonchev–Trinajstić information content (AvgIpc) is 2.40. The maximum Gasteiger partial charge on any atom is -0.0295 e. The molecule has 13 heavy (non-hydrogen) atoms. The minimum atomic E-state index is 0.638. The van der Waals surface area contributed by atoms with Crippen LogP contribution in [0.15, 0.2) is 0 Å². The molecule has 1 fully saturated rings. The van der Waals surface area contributed by atoms with E-state index in [1.165, 1.54) is 32.1 Å². The monoisotopic (exact) mass is 182 g/mol. The first-order valence-corrected chi connectivity index (χ1v) is 5.99.